The number of nitrogens with zero attached hydrogens (tertiary/aromatic N) is 15. The summed E-state index contributed by atoms with van der Waals surface area (Å²) in [4.78, 5) is 218. The van der Waals surface area contributed by atoms with E-state index in [0.29, 0.717) is 56.3 Å². The number of anilines is 11. The Bertz CT molecular complexity index is 5940. The van der Waals surface area contributed by atoms with Crippen LogP contribution in [0.2, 0.25) is 0 Å². The smallest absolute Gasteiger partial charge is 0.413 e. The van der Waals surface area contributed by atoms with Crippen molar-refractivity contribution in [3.05, 3.63) is 282 Å². The van der Waals surface area contributed by atoms with Crippen LogP contribution in [0.1, 0.15) is 216 Å². The van der Waals surface area contributed by atoms with Crippen LogP contribution in [0.4, 0.5) is 105 Å². The van der Waals surface area contributed by atoms with Gasteiger partial charge in [0.25, 0.3) is 45.5 Å². The van der Waals surface area contributed by atoms with E-state index in [4.69, 9.17) is 69.8 Å². The molecule has 0 saturated heterocycles. The second-order valence-corrected chi connectivity index (χ2v) is 33.5. The van der Waals surface area contributed by atoms with E-state index < -0.39 is 119 Å². The van der Waals surface area contributed by atoms with Crippen LogP contribution in [0.3, 0.4) is 0 Å². The highest BCUT2D eigenvalue weighted by molar-refractivity contribution is 6.72. The summed E-state index contributed by atoms with van der Waals surface area (Å²) in [7, 11) is 0. The molecule has 144 heavy (non-hydrogen) atoms. The summed E-state index contributed by atoms with van der Waals surface area (Å²) in [6.45, 7) is 26.4. The minimum Gasteiger partial charge on any atom is -0.444 e. The molecule has 51 heteroatoms. The summed E-state index contributed by atoms with van der Waals surface area (Å²) in [5, 5.41) is 41.4. The van der Waals surface area contributed by atoms with Gasteiger partial charge in [0.2, 0.25) is 17.8 Å². The fourth-order valence-corrected chi connectivity index (χ4v) is 10.5. The number of esters is 2. The molecule has 3 aliphatic heterocycles. The van der Waals surface area contributed by atoms with Gasteiger partial charge in [0.15, 0.2) is 0 Å². The van der Waals surface area contributed by atoms with E-state index in [-0.39, 0.29) is 98.9 Å². The molecule has 7 aromatic heterocycles. The molecule has 0 aliphatic carbocycles. The largest absolute Gasteiger partial charge is 0.444 e. The predicted octanol–water partition coefficient (Wildman–Crippen LogP) is 18.1. The van der Waals surface area contributed by atoms with Crippen LogP contribution in [0.5, 0.6) is 0 Å². The minimum absolute atomic E-state index is 0. The summed E-state index contributed by atoms with van der Waals surface area (Å²) in [6, 6.07) is 37.4. The number of ether oxygens (including phenoxy) is 6. The number of rotatable bonds is 12. The number of hydrogen-bond acceptors (Lipinski definition) is 39. The third-order valence-electron chi connectivity index (χ3n) is 15.8. The first-order chi connectivity index (χ1) is 65.3. The average Bonchev–Trinajstić information content (AvgIpc) is 1.62. The first-order valence-electron chi connectivity index (χ1n) is 40.4. The van der Waals surface area contributed by atoms with E-state index in [1.165, 1.54) is 79.6 Å². The second kappa shape index (κ2) is 54.8. The van der Waals surface area contributed by atoms with Gasteiger partial charge in [-0.2, -0.15) is 0 Å². The van der Waals surface area contributed by atoms with Gasteiger partial charge in [-0.25, -0.2) is 93.2 Å². The molecule has 0 bridgehead atoms. The number of nitrogens with one attached hydrogen (secondary N) is 5. The molecular formula is C93H108Cl2N24O25. The Morgan fingerprint density at radius 3 is 0.896 bits per heavy atom. The number of nitrogens with two attached hydrogens (primary N) is 4. The van der Waals surface area contributed by atoms with E-state index in [1.54, 1.807) is 207 Å². The van der Waals surface area contributed by atoms with Gasteiger partial charge < -0.3 is 51.4 Å². The first kappa shape index (κ1) is 122. The van der Waals surface area contributed by atoms with Crippen molar-refractivity contribution in [3.8, 4) is 0 Å². The zero-order chi connectivity index (χ0) is 104. The zero-order valence-corrected chi connectivity index (χ0v) is 78.6. The lowest BCUT2D eigenvalue weighted by Crippen LogP contribution is -2.31. The molecule has 0 unspecified atom stereocenters. The Morgan fingerprint density at radius 2 is 0.604 bits per heavy atom. The van der Waals surface area contributed by atoms with Crippen LogP contribution in [0, 0.1) is 30.3 Å². The number of halogens is 2. The van der Waals surface area contributed by atoms with Crippen LogP contribution in [-0.4, -0.2) is 169 Å². The maximum Gasteiger partial charge on any atom is 0.413 e. The number of carbonyl (C=O) groups is 13. The Morgan fingerprint density at radius 1 is 0.326 bits per heavy atom. The van der Waals surface area contributed by atoms with E-state index in [9.17, 15) is 92.7 Å². The van der Waals surface area contributed by atoms with Gasteiger partial charge in [0, 0.05) is 23.3 Å². The summed E-state index contributed by atoms with van der Waals surface area (Å²) in [5.41, 5.74) is 21.7. The van der Waals surface area contributed by atoms with Crippen molar-refractivity contribution in [1.82, 2.24) is 49.8 Å². The van der Waals surface area contributed by atoms with Crippen molar-refractivity contribution < 1.29 is 106 Å². The van der Waals surface area contributed by atoms with Gasteiger partial charge in [-0.1, -0.05) is 78.2 Å². The van der Waals surface area contributed by atoms with E-state index in [0.717, 1.165) is 34.6 Å². The summed E-state index contributed by atoms with van der Waals surface area (Å²) in [6.07, 6.45) is 9.53. The normalized spacial score (nSPS) is 11.5. The number of pyridine rings is 4. The SMILES string of the molecule is C.C.C.C.CC(C)(C)OC(=O)Nc1ccc(N)cn1.CC(C)(C)OC(=O)Nc1ccc(N2C(=O)c3ccccc3C2=O)cn1.CC(C)(C)OC(=O)Nc1ccc([N+](=O)[O-])cn1.CC(C)(C)OC(=O)Nc1cnc(N)nc1.CC(C)(C)OC(=O)Nc1cnc(N2C(=O)c3ccccc3C2=O)nc1.Nc1ccc([N+](=O)[O-])cn1.Nc1ncc([N+](=O)[O-])cn1.O=C(Cl)c1ccccc1C(=O)Cl.O=C1OC(=O)c2ccccc21. The third-order valence-corrected chi connectivity index (χ3v) is 16.2. The molecule has 9 amide bonds. The molecule has 14 rings (SSSR count). The minimum atomic E-state index is -0.681. The molecule has 0 spiro atoms. The summed E-state index contributed by atoms with van der Waals surface area (Å²) in [5.74, 6) is -1.55. The number of benzene rings is 4. The van der Waals surface area contributed by atoms with Gasteiger partial charge in [-0.05, 0) is 212 Å². The molecule has 3 aliphatic rings. The molecule has 4 aromatic carbocycles. The van der Waals surface area contributed by atoms with Crippen molar-refractivity contribution in [2.24, 2.45) is 0 Å². The maximum absolute atomic E-state index is 12.4. The van der Waals surface area contributed by atoms with Crippen LogP contribution < -0.4 is 59.3 Å². The number of carbonyl (C=O) groups excluding carboxylic acids is 13. The Balaban J connectivity index is 0.000000556. The van der Waals surface area contributed by atoms with Crippen LogP contribution in [0.15, 0.2) is 208 Å². The molecule has 10 heterocycles. The average molecular weight is 2030 g/mol. The van der Waals surface area contributed by atoms with Crippen LogP contribution >= 0.6 is 23.2 Å². The molecule has 0 radical (unpaired) electrons. The molecule has 764 valence electrons. The summed E-state index contributed by atoms with van der Waals surface area (Å²) < 4.78 is 29.7. The monoisotopic (exact) mass is 2030 g/mol. The highest BCUT2D eigenvalue weighted by Crippen LogP contribution is 2.31. The molecule has 0 fully saturated rings. The molecular weight excluding hydrogens is 1920 g/mol. The van der Waals surface area contributed by atoms with Crippen molar-refractivity contribution in [2.45, 2.75) is 162 Å². The maximum atomic E-state index is 12.4. The molecule has 0 saturated carbocycles. The number of hydrogen-bond donors (Lipinski definition) is 9. The second-order valence-electron chi connectivity index (χ2n) is 32.8. The van der Waals surface area contributed by atoms with Gasteiger partial charge in [-0.3, -0.25) is 85.7 Å². The molecule has 0 atom stereocenters. The number of aromatic nitrogens is 10. The predicted molar refractivity (Wildman–Crippen MR) is 535 cm³/mol. The number of cyclic esters (lactones) is 2. The highest BCUT2D eigenvalue weighted by Gasteiger charge is 2.39. The van der Waals surface area contributed by atoms with E-state index in [1.807, 2.05) is 0 Å². The molecule has 49 nitrogen and oxygen atoms in total. The number of nitrogen functional groups attached to an aromatic ring is 4. The van der Waals surface area contributed by atoms with Crippen molar-refractivity contribution >= 4 is 181 Å². The lowest BCUT2D eigenvalue weighted by molar-refractivity contribution is -0.385. The van der Waals surface area contributed by atoms with Crippen LogP contribution in [0.25, 0.3) is 0 Å². The topological polar surface area (TPSA) is 706 Å². The van der Waals surface area contributed by atoms with Crippen LogP contribution in [-0.2, 0) is 28.4 Å². The highest BCUT2D eigenvalue weighted by atomic mass is 35.5. The van der Waals surface area contributed by atoms with Gasteiger partial charge >= 0.3 is 48.1 Å². The Hall–Kier alpha value is -18.2. The zero-order valence-electron chi connectivity index (χ0n) is 77.1. The number of imide groups is 2. The number of fused-ring (bicyclic) bond motifs is 3. The fraction of sp³-hybridized carbons (Fsp3) is 0.258. The number of nitro groups is 3. The van der Waals surface area contributed by atoms with Gasteiger partial charge in [0.05, 0.1) is 108 Å². The van der Waals surface area contributed by atoms with E-state index in [2.05, 4.69) is 81.2 Å². The van der Waals surface area contributed by atoms with Gasteiger partial charge in [-0.15, -0.1) is 0 Å². The number of amides is 9. The van der Waals surface area contributed by atoms with Crippen molar-refractivity contribution in [2.75, 3.05) is 59.3 Å². The van der Waals surface area contributed by atoms with Gasteiger partial charge in [0.1, 0.15) is 76.1 Å². The lowest BCUT2D eigenvalue weighted by Gasteiger charge is -2.19. The quantitative estimate of drug-likeness (QED) is 0.0104. The first-order valence-corrected chi connectivity index (χ1v) is 41.2. The molecule has 13 N–H and O–H groups in total. The Labute approximate surface area is 835 Å². The third kappa shape index (κ3) is 41.2. The fourth-order valence-electron chi connectivity index (χ4n) is 10.2. The molecule has 11 aromatic rings. The van der Waals surface area contributed by atoms with E-state index >= 15 is 0 Å². The van der Waals surface area contributed by atoms with Crippen molar-refractivity contribution in [1.29, 1.82) is 0 Å². The standard InChI is InChI=1S/C18H17N3O4.C17H16N4O4.C10H13N3O4.C10H15N3O2.C9H14N4O2.C8H4Cl2O2.C8H4O3.C5H5N3O2.C4H4N4O2.4CH4/c1-18(2,3)25-17(24)20-14-9-8-11(10-19-14)21-15(22)12-6-4-5-7-13(12)16(21)23;1-17(2,3)25-16(24)20-10-8-18-15(19-9-10)21-13(22)11-6-4-5-7-12(11)14(21)23;1-10(2,3)17-9(14)12-8-5-4-7(6-11-8)13(15)16;1-10(2,3)15-9(14)13-8-5-4-7(11)6-12-8;1-9(2,3)15-8(14)13-6-4-11-7(10)12-5-6;9-7(11)5-3-1-2-4-6(5)8(10)12;9-7-5-3-1-2-4-6(5)8(10)11-7;6-5-2-1-4(3-7-5)8(9)10;5-4-6-1-3(2-7-4)8(9)10;;;;/h4-10H,1-3H3,(H,19,20,24);4-9H,1-3H3,(H,20,24);4-6H,1-3H3,(H,11,12,14);4-6H,11H2,1-3H3,(H,12,13,14);4-5H,1-3H3,(H,13,14)(H2,10,11,12);1-4H;1-4H;1-3H,(H2,6,7);1-2H,(H2,5,6,7);4*1H4. The van der Waals surface area contributed by atoms with Crippen molar-refractivity contribution in [3.63, 3.8) is 0 Å². The summed E-state index contributed by atoms with van der Waals surface area (Å²) >= 11 is 10.4. The lowest BCUT2D eigenvalue weighted by atomic mass is 10.1. The Kier molecular flexibility index (Phi) is 46.4.